The number of Topliss-reactive ketones (excluding diaryl/α,β-unsaturated/α-hetero) is 1. The van der Waals surface area contributed by atoms with Gasteiger partial charge in [-0.15, -0.1) is 0 Å². The van der Waals surface area contributed by atoms with Crippen LogP contribution in [0.2, 0.25) is 0 Å². The maximum absolute atomic E-state index is 14.1. The van der Waals surface area contributed by atoms with E-state index in [9.17, 15) is 22.4 Å². The lowest BCUT2D eigenvalue weighted by Gasteiger charge is -2.26. The van der Waals surface area contributed by atoms with Crippen molar-refractivity contribution >= 4 is 16.7 Å². The number of alkyl halides is 3. The molecule has 8 nitrogen and oxygen atoms in total. The molecule has 3 aromatic carbocycles. The lowest BCUT2D eigenvalue weighted by Crippen LogP contribution is -2.37. The van der Waals surface area contributed by atoms with Crippen molar-refractivity contribution in [3.05, 3.63) is 83.3 Å². The summed E-state index contributed by atoms with van der Waals surface area (Å²) in [7, 11) is 0. The number of morpholine rings is 1. The fraction of sp³-hybridized carbons (Fsp3) is 0.353. The van der Waals surface area contributed by atoms with Crippen molar-refractivity contribution in [2.75, 3.05) is 52.7 Å². The molecule has 2 aliphatic rings. The Morgan fingerprint density at radius 2 is 1.65 bits per heavy atom. The molecule has 6 rings (SSSR count). The van der Waals surface area contributed by atoms with Crippen molar-refractivity contribution in [3.8, 4) is 28.7 Å². The van der Waals surface area contributed by atoms with Gasteiger partial charge in [-0.25, -0.2) is 4.39 Å². The predicted molar refractivity (Wildman–Crippen MR) is 160 cm³/mol. The zero-order valence-electron chi connectivity index (χ0n) is 24.9. The number of hydrogen-bond acceptors (Lipinski definition) is 8. The van der Waals surface area contributed by atoms with Crippen molar-refractivity contribution in [2.24, 2.45) is 0 Å². The van der Waals surface area contributed by atoms with E-state index < -0.39 is 29.8 Å². The molecule has 3 heterocycles. The minimum Gasteiger partial charge on any atom is -0.489 e. The number of halogens is 4. The topological polar surface area (TPSA) is 79.4 Å². The monoisotopic (exact) mass is 640 g/mol. The zero-order chi connectivity index (χ0) is 32.1. The molecule has 12 heteroatoms. The quantitative estimate of drug-likeness (QED) is 0.138. The first-order chi connectivity index (χ1) is 22.2. The molecule has 4 aromatic rings. The van der Waals surface area contributed by atoms with Crippen LogP contribution >= 0.6 is 0 Å². The molecule has 1 saturated heterocycles. The lowest BCUT2D eigenvalue weighted by atomic mass is 10.0. The Bertz CT molecular complexity index is 1690. The van der Waals surface area contributed by atoms with Crippen LogP contribution < -0.4 is 18.9 Å². The lowest BCUT2D eigenvalue weighted by molar-refractivity contribution is -0.137. The van der Waals surface area contributed by atoms with Gasteiger partial charge in [0.1, 0.15) is 36.3 Å². The van der Waals surface area contributed by atoms with Crippen LogP contribution in [0.3, 0.4) is 0 Å². The third-order valence-corrected chi connectivity index (χ3v) is 7.74. The van der Waals surface area contributed by atoms with Crippen LogP contribution in [-0.4, -0.2) is 68.3 Å². The second-order valence-electron chi connectivity index (χ2n) is 11.0. The summed E-state index contributed by atoms with van der Waals surface area (Å²) in [6, 6.07) is 12.3. The number of ketones is 1. The Morgan fingerprint density at radius 3 is 2.41 bits per heavy atom. The minimum absolute atomic E-state index is 0.0813. The number of hydrogen-bond donors (Lipinski definition) is 0. The molecule has 0 radical (unpaired) electrons. The van der Waals surface area contributed by atoms with Crippen LogP contribution in [0.4, 0.5) is 17.6 Å². The molecule has 0 aliphatic carbocycles. The van der Waals surface area contributed by atoms with Crippen molar-refractivity contribution in [3.63, 3.8) is 0 Å². The molecule has 0 N–H and O–H groups in total. The molecule has 0 bridgehead atoms. The second kappa shape index (κ2) is 13.9. The highest BCUT2D eigenvalue weighted by Crippen LogP contribution is 2.48. The first kappa shape index (κ1) is 31.6. The van der Waals surface area contributed by atoms with Crippen molar-refractivity contribution in [1.82, 2.24) is 9.88 Å². The Morgan fingerprint density at radius 1 is 0.891 bits per heavy atom. The molecule has 1 aromatic heterocycles. The normalized spacial score (nSPS) is 15.1. The average Bonchev–Trinajstić information content (AvgIpc) is 3.05. The molecule has 0 atom stereocenters. The van der Waals surface area contributed by atoms with E-state index in [0.29, 0.717) is 77.2 Å². The molecule has 0 amide bonds. The summed E-state index contributed by atoms with van der Waals surface area (Å²) in [5, 5.41) is 0.625. The summed E-state index contributed by atoms with van der Waals surface area (Å²) < 4.78 is 83.0. The number of benzene rings is 3. The van der Waals surface area contributed by atoms with Gasteiger partial charge < -0.3 is 23.7 Å². The fourth-order valence-electron chi connectivity index (χ4n) is 5.45. The van der Waals surface area contributed by atoms with Gasteiger partial charge >= 0.3 is 6.18 Å². The first-order valence-corrected chi connectivity index (χ1v) is 15.0. The second-order valence-corrected chi connectivity index (χ2v) is 11.0. The highest BCUT2D eigenvalue weighted by atomic mass is 19.4. The Balaban J connectivity index is 1.13. The highest BCUT2D eigenvalue weighted by molar-refractivity contribution is 5.95. The Labute approximate surface area is 262 Å². The van der Waals surface area contributed by atoms with Gasteiger partial charge in [-0.05, 0) is 53.9 Å². The van der Waals surface area contributed by atoms with Crippen LogP contribution in [0, 0.1) is 5.82 Å². The zero-order valence-corrected chi connectivity index (χ0v) is 24.9. The average molecular weight is 641 g/mol. The van der Waals surface area contributed by atoms with Gasteiger partial charge in [0.15, 0.2) is 11.5 Å². The van der Waals surface area contributed by atoms with Crippen LogP contribution in [0.15, 0.2) is 60.8 Å². The third kappa shape index (κ3) is 7.51. The van der Waals surface area contributed by atoms with E-state index in [-0.39, 0.29) is 12.0 Å². The number of aromatic nitrogens is 1. The standard InChI is InChI=1S/C34H32F4N2O6/c35-27-7-4-24(34(36,37)38)19-23(27)20-25(41)18-22-2-5-26(6-3-22)46-29-8-9-39-28-21-30(32-33(31(28)29)45-17-16-44-32)43-13-1-10-40-11-14-42-15-12-40/h2-9,19,21H,1,10-18,20H2. The Hall–Kier alpha value is -4.42. The SMILES string of the molecule is O=C(Cc1ccc(Oc2ccnc3cc(OCCCN4CCOCC4)c4c(c23)OCCO4)cc1)Cc1cc(C(F)(F)F)ccc1F. The van der Waals surface area contributed by atoms with E-state index in [0.717, 1.165) is 45.3 Å². The van der Waals surface area contributed by atoms with Crippen LogP contribution in [0.5, 0.6) is 28.7 Å². The molecular formula is C34H32F4N2O6. The molecule has 2 aliphatic heterocycles. The molecule has 0 unspecified atom stereocenters. The van der Waals surface area contributed by atoms with E-state index in [1.165, 1.54) is 0 Å². The minimum atomic E-state index is -4.63. The van der Waals surface area contributed by atoms with Crippen LogP contribution in [-0.2, 0) is 28.5 Å². The highest BCUT2D eigenvalue weighted by Gasteiger charge is 2.31. The molecule has 1 fully saturated rings. The van der Waals surface area contributed by atoms with Gasteiger partial charge in [0.2, 0.25) is 5.75 Å². The predicted octanol–water partition coefficient (Wildman–Crippen LogP) is 6.41. The van der Waals surface area contributed by atoms with Gasteiger partial charge in [0, 0.05) is 44.7 Å². The number of ether oxygens (including phenoxy) is 5. The largest absolute Gasteiger partial charge is 0.489 e. The van der Waals surface area contributed by atoms with E-state index in [2.05, 4.69) is 9.88 Å². The summed E-state index contributed by atoms with van der Waals surface area (Å²) in [4.78, 5) is 19.5. The summed E-state index contributed by atoms with van der Waals surface area (Å²) >= 11 is 0. The molecule has 242 valence electrons. The summed E-state index contributed by atoms with van der Waals surface area (Å²) in [5.74, 6) is 1.21. The van der Waals surface area contributed by atoms with E-state index >= 15 is 0 Å². The smallest absolute Gasteiger partial charge is 0.416 e. The summed E-state index contributed by atoms with van der Waals surface area (Å²) in [6.45, 7) is 5.47. The maximum atomic E-state index is 14.1. The Kier molecular flexibility index (Phi) is 9.55. The van der Waals surface area contributed by atoms with Gasteiger partial charge in [-0.1, -0.05) is 12.1 Å². The molecule has 46 heavy (non-hydrogen) atoms. The van der Waals surface area contributed by atoms with Gasteiger partial charge in [0.25, 0.3) is 0 Å². The van der Waals surface area contributed by atoms with Crippen molar-refractivity contribution in [1.29, 1.82) is 0 Å². The summed E-state index contributed by atoms with van der Waals surface area (Å²) in [5.41, 5.74) is -0.0773. The summed E-state index contributed by atoms with van der Waals surface area (Å²) in [6.07, 6.45) is -2.70. The van der Waals surface area contributed by atoms with Crippen LogP contribution in [0.25, 0.3) is 10.9 Å². The molecule has 0 spiro atoms. The van der Waals surface area contributed by atoms with E-state index in [4.69, 9.17) is 23.7 Å². The van der Waals surface area contributed by atoms with Crippen molar-refractivity contribution < 1.29 is 46.0 Å². The number of fused-ring (bicyclic) bond motifs is 3. The third-order valence-electron chi connectivity index (χ3n) is 7.74. The van der Waals surface area contributed by atoms with Gasteiger partial charge in [0.05, 0.1) is 36.3 Å². The molecule has 0 saturated carbocycles. The maximum Gasteiger partial charge on any atom is 0.416 e. The number of carbonyl (C=O) groups excluding carboxylic acids is 1. The molecular weight excluding hydrogens is 608 g/mol. The van der Waals surface area contributed by atoms with Crippen LogP contribution in [0.1, 0.15) is 23.1 Å². The fourth-order valence-corrected chi connectivity index (χ4v) is 5.45. The van der Waals surface area contributed by atoms with Gasteiger partial charge in [-0.3, -0.25) is 14.7 Å². The van der Waals surface area contributed by atoms with E-state index in [1.807, 2.05) is 6.07 Å². The van der Waals surface area contributed by atoms with E-state index in [1.54, 1.807) is 36.5 Å². The van der Waals surface area contributed by atoms with Crippen molar-refractivity contribution in [2.45, 2.75) is 25.4 Å². The number of carbonyl (C=O) groups is 1. The number of pyridine rings is 1. The van der Waals surface area contributed by atoms with Gasteiger partial charge in [-0.2, -0.15) is 13.2 Å². The first-order valence-electron chi connectivity index (χ1n) is 15.0. The number of rotatable bonds is 11. The number of nitrogens with zero attached hydrogens (tertiary/aromatic N) is 2.